The van der Waals surface area contributed by atoms with Gasteiger partial charge in [-0.25, -0.2) is 0 Å². The maximum atomic E-state index is 3.62. The van der Waals surface area contributed by atoms with E-state index >= 15 is 0 Å². The topological polar surface area (TPSA) is 15.3 Å². The molecule has 120 valence electrons. The second-order valence-corrected chi connectivity index (χ2v) is 7.07. The number of rotatable bonds is 10. The summed E-state index contributed by atoms with van der Waals surface area (Å²) in [7, 11) is 2.26. The Labute approximate surface area is 131 Å². The average Bonchev–Trinajstić information content (AvgIpc) is 2.44. The maximum absolute atomic E-state index is 3.62. The third-order valence-electron chi connectivity index (χ3n) is 4.07. The van der Waals surface area contributed by atoms with Gasteiger partial charge in [0, 0.05) is 25.7 Å². The average molecular weight is 290 g/mol. The quantitative estimate of drug-likeness (QED) is 0.701. The molecular weight excluding hydrogens is 256 g/mol. The Kier molecular flexibility index (Phi) is 7.98. The first-order chi connectivity index (χ1) is 9.95. The van der Waals surface area contributed by atoms with E-state index in [0.717, 1.165) is 26.1 Å². The van der Waals surface area contributed by atoms with E-state index in [4.69, 9.17) is 0 Å². The van der Waals surface area contributed by atoms with Crippen LogP contribution >= 0.6 is 0 Å². The van der Waals surface area contributed by atoms with Crippen LogP contribution in [0.5, 0.6) is 0 Å². The Morgan fingerprint density at radius 1 is 1.19 bits per heavy atom. The molecule has 0 saturated carbocycles. The van der Waals surface area contributed by atoms with Gasteiger partial charge in [-0.15, -0.1) is 0 Å². The van der Waals surface area contributed by atoms with E-state index in [-0.39, 0.29) is 0 Å². The molecule has 0 saturated heterocycles. The third kappa shape index (κ3) is 7.63. The van der Waals surface area contributed by atoms with Gasteiger partial charge in [-0.2, -0.15) is 0 Å². The van der Waals surface area contributed by atoms with Gasteiger partial charge in [0.1, 0.15) is 0 Å². The van der Waals surface area contributed by atoms with Crippen molar-refractivity contribution in [3.63, 3.8) is 0 Å². The molecule has 0 aliphatic rings. The minimum atomic E-state index is 0.366. The van der Waals surface area contributed by atoms with Gasteiger partial charge < -0.3 is 10.2 Å². The summed E-state index contributed by atoms with van der Waals surface area (Å²) in [6.45, 7) is 12.6. The van der Waals surface area contributed by atoms with Gasteiger partial charge in [-0.05, 0) is 30.9 Å². The summed E-state index contributed by atoms with van der Waals surface area (Å²) >= 11 is 0. The largest absolute Gasteiger partial charge is 0.314 e. The van der Waals surface area contributed by atoms with Crippen LogP contribution in [-0.4, -0.2) is 37.6 Å². The first-order valence-corrected chi connectivity index (χ1v) is 8.41. The molecule has 0 radical (unpaired) electrons. The lowest BCUT2D eigenvalue weighted by molar-refractivity contribution is 0.171. The molecule has 2 heteroatoms. The van der Waals surface area contributed by atoms with Crippen molar-refractivity contribution in [3.8, 4) is 0 Å². The van der Waals surface area contributed by atoms with Gasteiger partial charge in [0.2, 0.25) is 0 Å². The van der Waals surface area contributed by atoms with E-state index in [0.29, 0.717) is 11.5 Å². The van der Waals surface area contributed by atoms with Crippen molar-refractivity contribution in [1.82, 2.24) is 10.2 Å². The molecule has 1 rings (SSSR count). The van der Waals surface area contributed by atoms with Crippen molar-refractivity contribution in [1.29, 1.82) is 0 Å². The monoisotopic (exact) mass is 290 g/mol. The molecule has 0 heterocycles. The smallest absolute Gasteiger partial charge is 0.00446 e. The van der Waals surface area contributed by atoms with Gasteiger partial charge in [0.15, 0.2) is 0 Å². The fourth-order valence-corrected chi connectivity index (χ4v) is 2.97. The van der Waals surface area contributed by atoms with Crippen LogP contribution in [0.15, 0.2) is 30.3 Å². The Bertz CT molecular complexity index is 374. The second kappa shape index (κ2) is 9.22. The van der Waals surface area contributed by atoms with Crippen molar-refractivity contribution in [2.45, 2.75) is 53.0 Å². The van der Waals surface area contributed by atoms with Crippen LogP contribution in [0.1, 0.15) is 46.1 Å². The highest BCUT2D eigenvalue weighted by molar-refractivity contribution is 5.14. The molecule has 21 heavy (non-hydrogen) atoms. The predicted octanol–water partition coefficient (Wildman–Crippen LogP) is 3.97. The Hall–Kier alpha value is -0.860. The molecule has 2 nitrogen and oxygen atoms in total. The van der Waals surface area contributed by atoms with E-state index in [1.807, 2.05) is 0 Å². The van der Waals surface area contributed by atoms with Crippen LogP contribution in [0.3, 0.4) is 0 Å². The second-order valence-electron chi connectivity index (χ2n) is 7.07. The van der Waals surface area contributed by atoms with Crippen molar-refractivity contribution in [2.24, 2.45) is 5.41 Å². The highest BCUT2D eigenvalue weighted by Gasteiger charge is 2.25. The van der Waals surface area contributed by atoms with Gasteiger partial charge in [-0.3, -0.25) is 0 Å². The third-order valence-corrected chi connectivity index (χ3v) is 4.07. The lowest BCUT2D eigenvalue weighted by atomic mass is 9.84. The molecular formula is C19H34N2. The Morgan fingerprint density at radius 3 is 2.43 bits per heavy atom. The standard InChI is InChI=1S/C19H34N2/c1-6-13-19(4,15-20-17(2)3)16-21(5)14-12-18-10-8-7-9-11-18/h7-11,17,20H,6,12-16H2,1-5H3. The first-order valence-electron chi connectivity index (χ1n) is 8.41. The fourth-order valence-electron chi connectivity index (χ4n) is 2.97. The molecule has 0 aliphatic carbocycles. The first kappa shape index (κ1) is 18.2. The van der Waals surface area contributed by atoms with Crippen molar-refractivity contribution in [2.75, 3.05) is 26.7 Å². The van der Waals surface area contributed by atoms with Crippen molar-refractivity contribution >= 4 is 0 Å². The molecule has 1 unspecified atom stereocenters. The zero-order valence-corrected chi connectivity index (χ0v) is 14.7. The normalized spacial score (nSPS) is 14.6. The summed E-state index contributed by atoms with van der Waals surface area (Å²) in [6, 6.07) is 11.4. The van der Waals surface area contributed by atoms with E-state index < -0.39 is 0 Å². The fraction of sp³-hybridized carbons (Fsp3) is 0.684. The maximum Gasteiger partial charge on any atom is 0.00446 e. The molecule has 0 amide bonds. The minimum Gasteiger partial charge on any atom is -0.314 e. The molecule has 0 spiro atoms. The van der Waals surface area contributed by atoms with Crippen molar-refractivity contribution < 1.29 is 0 Å². The zero-order chi connectivity index (χ0) is 15.7. The van der Waals surface area contributed by atoms with E-state index in [1.54, 1.807) is 0 Å². The van der Waals surface area contributed by atoms with Crippen molar-refractivity contribution in [3.05, 3.63) is 35.9 Å². The molecule has 0 bridgehead atoms. The van der Waals surface area contributed by atoms with Gasteiger partial charge >= 0.3 is 0 Å². The van der Waals surface area contributed by atoms with Crippen LogP contribution in [0.25, 0.3) is 0 Å². The molecule has 1 aromatic rings. The summed E-state index contributed by atoms with van der Waals surface area (Å²) in [5.41, 5.74) is 1.80. The van der Waals surface area contributed by atoms with E-state index in [1.165, 1.54) is 18.4 Å². The summed E-state index contributed by atoms with van der Waals surface area (Å²) in [6.07, 6.45) is 3.67. The molecule has 1 aromatic carbocycles. The summed E-state index contributed by atoms with van der Waals surface area (Å²) in [5, 5.41) is 3.62. The molecule has 1 atom stereocenters. The van der Waals surface area contributed by atoms with E-state index in [9.17, 15) is 0 Å². The molecule has 1 N–H and O–H groups in total. The molecule has 0 aromatic heterocycles. The zero-order valence-electron chi connectivity index (χ0n) is 14.7. The van der Waals surface area contributed by atoms with Crippen LogP contribution < -0.4 is 5.32 Å². The SMILES string of the molecule is CCCC(C)(CNC(C)C)CN(C)CCc1ccccc1. The molecule has 0 fully saturated rings. The number of likely N-dealkylation sites (N-methyl/N-ethyl adjacent to an activating group) is 1. The van der Waals surface area contributed by atoms with Crippen LogP contribution in [0.2, 0.25) is 0 Å². The van der Waals surface area contributed by atoms with Gasteiger partial charge in [0.25, 0.3) is 0 Å². The Balaban J connectivity index is 2.45. The number of nitrogens with zero attached hydrogens (tertiary/aromatic N) is 1. The predicted molar refractivity (Wildman–Crippen MR) is 93.8 cm³/mol. The van der Waals surface area contributed by atoms with Crippen LogP contribution in [0.4, 0.5) is 0 Å². The van der Waals surface area contributed by atoms with Gasteiger partial charge in [-0.1, -0.05) is 64.4 Å². The number of benzene rings is 1. The summed E-state index contributed by atoms with van der Waals surface area (Å²) in [4.78, 5) is 2.49. The lowest BCUT2D eigenvalue weighted by Crippen LogP contribution is -2.43. The summed E-state index contributed by atoms with van der Waals surface area (Å²) in [5.74, 6) is 0. The van der Waals surface area contributed by atoms with Crippen LogP contribution in [0, 0.1) is 5.41 Å². The van der Waals surface area contributed by atoms with Crippen LogP contribution in [-0.2, 0) is 6.42 Å². The molecule has 0 aliphatic heterocycles. The van der Waals surface area contributed by atoms with E-state index in [2.05, 4.69) is 75.3 Å². The number of hydrogen-bond donors (Lipinski definition) is 1. The number of hydrogen-bond acceptors (Lipinski definition) is 2. The summed E-state index contributed by atoms with van der Waals surface area (Å²) < 4.78 is 0. The highest BCUT2D eigenvalue weighted by atomic mass is 15.1. The van der Waals surface area contributed by atoms with Gasteiger partial charge in [0.05, 0.1) is 0 Å². The lowest BCUT2D eigenvalue weighted by Gasteiger charge is -2.35. The minimum absolute atomic E-state index is 0.366. The number of nitrogens with one attached hydrogen (secondary N) is 1. The highest BCUT2D eigenvalue weighted by Crippen LogP contribution is 2.23. The Morgan fingerprint density at radius 2 is 1.86 bits per heavy atom.